The molecule has 49 heavy (non-hydrogen) atoms. The number of allylic oxidation sites excluding steroid dienone is 8. The van der Waals surface area contributed by atoms with Crippen molar-refractivity contribution >= 4 is 17.3 Å². The molecule has 0 spiro atoms. The number of nitrogens with zero attached hydrogens (tertiary/aromatic N) is 1. The molecule has 0 aliphatic rings. The van der Waals surface area contributed by atoms with Crippen molar-refractivity contribution in [1.82, 2.24) is 15.5 Å². The molecule has 0 atom stereocenters. The van der Waals surface area contributed by atoms with Crippen LogP contribution in [0.3, 0.4) is 0 Å². The number of rotatable bonds is 35. The zero-order chi connectivity index (χ0) is 36.1. The minimum absolute atomic E-state index is 0.187. The van der Waals surface area contributed by atoms with Gasteiger partial charge in [0.1, 0.15) is 0 Å². The number of thiocarbonyl (C=S) groups is 1. The van der Waals surface area contributed by atoms with Crippen molar-refractivity contribution in [2.45, 2.75) is 201 Å². The number of hydrogen-bond acceptors (Lipinski definition) is 2. The van der Waals surface area contributed by atoms with Crippen LogP contribution in [-0.4, -0.2) is 43.2 Å². The standard InChI is InChI=1S/C45H85N3S/c1-7-9-11-13-15-17-19-21-23-25-27-29-31-33-35-37-39-43(47-44(49)46-41-45(3,4)42-48(5)6)40-38-36-34-32-30-28-26-24-22-20-18-16-14-12-10-8-2/h15-18,21-24,43H,7-14,19-20,25-42H2,1-6H3,(H2,46,47,49)/b17-15-,18-16-,23-21-,24-22-. The van der Waals surface area contributed by atoms with Gasteiger partial charge in [-0.2, -0.15) is 0 Å². The smallest absolute Gasteiger partial charge is 0.166 e. The second kappa shape index (κ2) is 36.4. The van der Waals surface area contributed by atoms with Gasteiger partial charge in [0.2, 0.25) is 0 Å². The molecular formula is C45H85N3S. The van der Waals surface area contributed by atoms with E-state index >= 15 is 0 Å². The molecule has 0 aromatic heterocycles. The van der Waals surface area contributed by atoms with E-state index in [9.17, 15) is 0 Å². The van der Waals surface area contributed by atoms with Crippen molar-refractivity contribution in [3.63, 3.8) is 0 Å². The first-order valence-electron chi connectivity index (χ1n) is 21.1. The molecule has 0 aliphatic carbocycles. The molecule has 2 N–H and O–H groups in total. The van der Waals surface area contributed by atoms with Gasteiger partial charge in [-0.05, 0) is 109 Å². The predicted molar refractivity (Wildman–Crippen MR) is 228 cm³/mol. The molecule has 3 nitrogen and oxygen atoms in total. The third-order valence-corrected chi connectivity index (χ3v) is 9.58. The Bertz CT molecular complexity index is 777. The highest BCUT2D eigenvalue weighted by molar-refractivity contribution is 7.80. The van der Waals surface area contributed by atoms with Crippen LogP contribution in [0.5, 0.6) is 0 Å². The highest BCUT2D eigenvalue weighted by Crippen LogP contribution is 2.17. The van der Waals surface area contributed by atoms with Crippen LogP contribution in [0.15, 0.2) is 48.6 Å². The third kappa shape index (κ3) is 37.7. The molecule has 0 aromatic carbocycles. The summed E-state index contributed by atoms with van der Waals surface area (Å²) in [5.74, 6) is 0. The van der Waals surface area contributed by atoms with Crippen molar-refractivity contribution in [3.05, 3.63) is 48.6 Å². The SMILES string of the molecule is CCCCC/C=C\C/C=C\CCCCCCCCC(CCCCCCCC/C=C\C/C=C\CCCCC)NC(=S)NCC(C)(C)CN(C)C. The van der Waals surface area contributed by atoms with Crippen LogP contribution in [0.4, 0.5) is 0 Å². The largest absolute Gasteiger partial charge is 0.362 e. The Morgan fingerprint density at radius 1 is 0.551 bits per heavy atom. The molecule has 0 radical (unpaired) electrons. The second-order valence-electron chi connectivity index (χ2n) is 15.7. The van der Waals surface area contributed by atoms with E-state index in [1.807, 2.05) is 0 Å². The second-order valence-corrected chi connectivity index (χ2v) is 16.1. The minimum atomic E-state index is 0.187. The summed E-state index contributed by atoms with van der Waals surface area (Å²) in [6.07, 6.45) is 52.7. The van der Waals surface area contributed by atoms with Crippen LogP contribution in [-0.2, 0) is 0 Å². The summed E-state index contributed by atoms with van der Waals surface area (Å²) in [7, 11) is 4.29. The van der Waals surface area contributed by atoms with Gasteiger partial charge >= 0.3 is 0 Å². The maximum atomic E-state index is 5.79. The molecule has 0 bridgehead atoms. The zero-order valence-corrected chi connectivity index (χ0v) is 34.7. The van der Waals surface area contributed by atoms with E-state index in [0.29, 0.717) is 6.04 Å². The molecule has 0 aromatic rings. The van der Waals surface area contributed by atoms with Gasteiger partial charge in [0.15, 0.2) is 5.11 Å². The van der Waals surface area contributed by atoms with Gasteiger partial charge in [0, 0.05) is 19.1 Å². The van der Waals surface area contributed by atoms with E-state index < -0.39 is 0 Å². The van der Waals surface area contributed by atoms with Crippen molar-refractivity contribution < 1.29 is 0 Å². The van der Waals surface area contributed by atoms with Crippen LogP contribution < -0.4 is 10.6 Å². The molecule has 0 amide bonds. The fraction of sp³-hybridized carbons (Fsp3) is 0.800. The molecule has 0 aliphatic heterocycles. The Labute approximate surface area is 313 Å². The topological polar surface area (TPSA) is 27.3 Å². The third-order valence-electron chi connectivity index (χ3n) is 9.31. The van der Waals surface area contributed by atoms with Crippen LogP contribution in [0.1, 0.15) is 195 Å². The lowest BCUT2D eigenvalue weighted by molar-refractivity contribution is 0.241. The van der Waals surface area contributed by atoms with E-state index in [1.165, 1.54) is 154 Å². The van der Waals surface area contributed by atoms with E-state index in [4.69, 9.17) is 12.2 Å². The Hall–Kier alpha value is -1.39. The number of unbranched alkanes of at least 4 members (excludes halogenated alkanes) is 18. The minimum Gasteiger partial charge on any atom is -0.362 e. The monoisotopic (exact) mass is 700 g/mol. The number of hydrogen-bond donors (Lipinski definition) is 2. The van der Waals surface area contributed by atoms with Gasteiger partial charge in [-0.25, -0.2) is 0 Å². The molecule has 4 heteroatoms. The normalized spacial score (nSPS) is 12.7. The van der Waals surface area contributed by atoms with Crippen molar-refractivity contribution in [2.24, 2.45) is 5.41 Å². The molecule has 0 unspecified atom stereocenters. The van der Waals surface area contributed by atoms with E-state index in [1.54, 1.807) is 0 Å². The van der Waals surface area contributed by atoms with E-state index in [-0.39, 0.29) is 5.41 Å². The first-order chi connectivity index (χ1) is 23.8. The van der Waals surface area contributed by atoms with Gasteiger partial charge in [-0.3, -0.25) is 0 Å². The van der Waals surface area contributed by atoms with Crippen molar-refractivity contribution in [3.8, 4) is 0 Å². The molecule has 0 saturated carbocycles. The van der Waals surface area contributed by atoms with Gasteiger partial charge in [0.25, 0.3) is 0 Å². The van der Waals surface area contributed by atoms with Gasteiger partial charge in [0.05, 0.1) is 0 Å². The average molecular weight is 700 g/mol. The summed E-state index contributed by atoms with van der Waals surface area (Å²) in [6.45, 7) is 11.1. The maximum absolute atomic E-state index is 5.79. The first kappa shape index (κ1) is 47.6. The summed E-state index contributed by atoms with van der Waals surface area (Å²) in [5, 5.41) is 8.12. The Morgan fingerprint density at radius 3 is 1.31 bits per heavy atom. The highest BCUT2D eigenvalue weighted by Gasteiger charge is 2.19. The van der Waals surface area contributed by atoms with Crippen molar-refractivity contribution in [2.75, 3.05) is 27.2 Å². The zero-order valence-electron chi connectivity index (χ0n) is 33.9. The summed E-state index contributed by atoms with van der Waals surface area (Å²) in [4.78, 5) is 2.26. The van der Waals surface area contributed by atoms with Crippen molar-refractivity contribution in [1.29, 1.82) is 0 Å². The van der Waals surface area contributed by atoms with Crippen LogP contribution >= 0.6 is 12.2 Å². The van der Waals surface area contributed by atoms with Crippen LogP contribution in [0.2, 0.25) is 0 Å². The summed E-state index contributed by atoms with van der Waals surface area (Å²) < 4.78 is 0. The molecule has 0 rings (SSSR count). The van der Waals surface area contributed by atoms with Gasteiger partial charge < -0.3 is 15.5 Å². The van der Waals surface area contributed by atoms with Gasteiger partial charge in [-0.15, -0.1) is 0 Å². The molecule has 0 saturated heterocycles. The molecular weight excluding hydrogens is 615 g/mol. The lowest BCUT2D eigenvalue weighted by atomic mass is 9.93. The summed E-state index contributed by atoms with van der Waals surface area (Å²) in [5.41, 5.74) is 0.187. The van der Waals surface area contributed by atoms with Gasteiger partial charge in [-0.1, -0.05) is 166 Å². The Morgan fingerprint density at radius 2 is 0.918 bits per heavy atom. The lowest BCUT2D eigenvalue weighted by Gasteiger charge is -2.30. The predicted octanol–water partition coefficient (Wildman–Crippen LogP) is 13.8. The molecule has 286 valence electrons. The van der Waals surface area contributed by atoms with Crippen LogP contribution in [0, 0.1) is 5.41 Å². The van der Waals surface area contributed by atoms with E-state index in [2.05, 4.69) is 106 Å². The Balaban J connectivity index is 4.24. The lowest BCUT2D eigenvalue weighted by Crippen LogP contribution is -2.46. The van der Waals surface area contributed by atoms with Crippen LogP contribution in [0.25, 0.3) is 0 Å². The summed E-state index contributed by atoms with van der Waals surface area (Å²) >= 11 is 5.79. The Kier molecular flexibility index (Phi) is 35.4. The molecule has 0 fully saturated rings. The fourth-order valence-corrected chi connectivity index (χ4v) is 6.75. The average Bonchev–Trinajstić information content (AvgIpc) is 3.06. The fourth-order valence-electron chi connectivity index (χ4n) is 6.51. The number of nitrogens with one attached hydrogen (secondary N) is 2. The molecule has 0 heterocycles. The summed E-state index contributed by atoms with van der Waals surface area (Å²) in [6, 6.07) is 0.494. The van der Waals surface area contributed by atoms with E-state index in [0.717, 1.165) is 31.0 Å². The first-order valence-corrected chi connectivity index (χ1v) is 21.5. The highest BCUT2D eigenvalue weighted by atomic mass is 32.1. The maximum Gasteiger partial charge on any atom is 0.166 e. The quantitative estimate of drug-likeness (QED) is 0.0391.